The molecule has 1 aliphatic rings. The topological polar surface area (TPSA) is 52.6 Å². The zero-order valence-corrected chi connectivity index (χ0v) is 9.02. The van der Waals surface area contributed by atoms with Crippen LogP contribution in [0.4, 0.5) is 4.39 Å². The van der Waals surface area contributed by atoms with E-state index in [4.69, 9.17) is 4.74 Å². The van der Waals surface area contributed by atoms with Crippen molar-refractivity contribution in [1.82, 2.24) is 0 Å². The van der Waals surface area contributed by atoms with Gasteiger partial charge in [-0.2, -0.15) is 4.39 Å². The van der Waals surface area contributed by atoms with Crippen LogP contribution < -0.4 is 0 Å². The molecule has 0 spiro atoms. The Bertz CT molecular complexity index is 431. The fourth-order valence-corrected chi connectivity index (χ4v) is 1.52. The summed E-state index contributed by atoms with van der Waals surface area (Å²) in [7, 11) is 0. The van der Waals surface area contributed by atoms with Crippen LogP contribution in [0.25, 0.3) is 0 Å². The third-order valence-corrected chi connectivity index (χ3v) is 2.44. The molecule has 1 fully saturated rings. The Morgan fingerprint density at radius 3 is 2.71 bits per heavy atom. The molecule has 5 heteroatoms. The second-order valence-electron chi connectivity index (χ2n) is 3.76. The number of hydrogen-bond donors (Lipinski definition) is 0. The van der Waals surface area contributed by atoms with Gasteiger partial charge in [0, 0.05) is 6.42 Å². The Hall–Kier alpha value is -1.91. The number of carbonyl (C=O) groups is 2. The molecule has 0 aromatic heterocycles. The van der Waals surface area contributed by atoms with E-state index in [1.54, 1.807) is 24.3 Å². The van der Waals surface area contributed by atoms with Crippen molar-refractivity contribution in [2.24, 2.45) is 0 Å². The largest absolute Gasteiger partial charge is 0.456 e. The van der Waals surface area contributed by atoms with E-state index in [-0.39, 0.29) is 19.4 Å². The summed E-state index contributed by atoms with van der Waals surface area (Å²) >= 11 is 0. The number of benzene rings is 1. The van der Waals surface area contributed by atoms with Crippen LogP contribution in [-0.2, 0) is 25.7 Å². The molecule has 90 valence electrons. The molecular weight excluding hydrogens is 227 g/mol. The maximum absolute atomic E-state index is 13.7. The van der Waals surface area contributed by atoms with E-state index in [0.29, 0.717) is 0 Å². The summed E-state index contributed by atoms with van der Waals surface area (Å²) in [5, 5.41) is 0. The molecule has 0 saturated carbocycles. The molecule has 4 nitrogen and oxygen atoms in total. The lowest BCUT2D eigenvalue weighted by molar-refractivity contribution is -0.195. The maximum Gasteiger partial charge on any atom is 0.384 e. The second-order valence-corrected chi connectivity index (χ2v) is 3.76. The molecule has 0 aliphatic carbocycles. The highest BCUT2D eigenvalue weighted by Crippen LogP contribution is 2.29. The number of esters is 2. The molecule has 0 bridgehead atoms. The average Bonchev–Trinajstić information content (AvgIpc) is 2.69. The fourth-order valence-electron chi connectivity index (χ4n) is 1.52. The van der Waals surface area contributed by atoms with Gasteiger partial charge in [-0.3, -0.25) is 4.79 Å². The maximum atomic E-state index is 13.7. The zero-order chi connectivity index (χ0) is 12.3. The molecular formula is C12H11FO4. The van der Waals surface area contributed by atoms with Crippen molar-refractivity contribution < 1.29 is 23.5 Å². The standard InChI is InChI=1S/C12H11FO4/c13-12(7-6-10(14)17-12)11(15)16-8-9-4-2-1-3-5-9/h1-5H,6-8H2. The lowest BCUT2D eigenvalue weighted by Crippen LogP contribution is -2.35. The number of alkyl halides is 1. The van der Waals surface area contributed by atoms with Crippen LogP contribution in [0.2, 0.25) is 0 Å². The van der Waals surface area contributed by atoms with Gasteiger partial charge >= 0.3 is 17.8 Å². The number of halogens is 1. The molecule has 1 atom stereocenters. The molecule has 1 unspecified atom stereocenters. The summed E-state index contributed by atoms with van der Waals surface area (Å²) in [6.45, 7) is -0.0388. The van der Waals surface area contributed by atoms with Crippen LogP contribution in [0.5, 0.6) is 0 Å². The molecule has 1 aromatic rings. The van der Waals surface area contributed by atoms with Crippen molar-refractivity contribution in [1.29, 1.82) is 0 Å². The Morgan fingerprint density at radius 2 is 2.12 bits per heavy atom. The van der Waals surface area contributed by atoms with Gasteiger partial charge in [0.05, 0.1) is 6.42 Å². The summed E-state index contributed by atoms with van der Waals surface area (Å²) < 4.78 is 22.8. The first kappa shape index (κ1) is 11.6. The molecule has 1 saturated heterocycles. The molecule has 1 aliphatic heterocycles. The van der Waals surface area contributed by atoms with Gasteiger partial charge in [0.25, 0.3) is 0 Å². The van der Waals surface area contributed by atoms with E-state index in [1.165, 1.54) is 0 Å². The normalized spacial score (nSPS) is 23.2. The van der Waals surface area contributed by atoms with Gasteiger partial charge in [-0.05, 0) is 5.56 Å². The summed E-state index contributed by atoms with van der Waals surface area (Å²) in [5.74, 6) is -4.47. The number of carbonyl (C=O) groups excluding carboxylic acids is 2. The van der Waals surface area contributed by atoms with E-state index < -0.39 is 17.8 Å². The van der Waals surface area contributed by atoms with Crippen molar-refractivity contribution in [2.75, 3.05) is 0 Å². The first-order chi connectivity index (χ1) is 8.10. The van der Waals surface area contributed by atoms with Gasteiger partial charge in [0.2, 0.25) is 0 Å². The molecule has 0 N–H and O–H groups in total. The van der Waals surface area contributed by atoms with Gasteiger partial charge in [0.1, 0.15) is 6.61 Å². The lowest BCUT2D eigenvalue weighted by atomic mass is 10.2. The predicted octanol–water partition coefficient (Wildman–Crippen LogP) is 1.73. The van der Waals surface area contributed by atoms with Crippen LogP contribution in [0.15, 0.2) is 30.3 Å². The highest BCUT2D eigenvalue weighted by atomic mass is 19.2. The van der Waals surface area contributed by atoms with Crippen molar-refractivity contribution >= 4 is 11.9 Å². The van der Waals surface area contributed by atoms with Gasteiger partial charge in [0.15, 0.2) is 0 Å². The first-order valence-electron chi connectivity index (χ1n) is 5.22. The Kier molecular flexibility index (Phi) is 3.08. The molecule has 0 radical (unpaired) electrons. The van der Waals surface area contributed by atoms with Crippen molar-refractivity contribution in [3.63, 3.8) is 0 Å². The van der Waals surface area contributed by atoms with Gasteiger partial charge in [-0.25, -0.2) is 4.79 Å². The molecule has 2 rings (SSSR count). The van der Waals surface area contributed by atoms with Crippen molar-refractivity contribution in [2.45, 2.75) is 25.3 Å². The van der Waals surface area contributed by atoms with E-state index in [1.807, 2.05) is 6.07 Å². The van der Waals surface area contributed by atoms with Gasteiger partial charge < -0.3 is 9.47 Å². The summed E-state index contributed by atoms with van der Waals surface area (Å²) in [6.07, 6.45) is -0.379. The highest BCUT2D eigenvalue weighted by Gasteiger charge is 2.49. The minimum atomic E-state index is -2.61. The third-order valence-electron chi connectivity index (χ3n) is 2.44. The van der Waals surface area contributed by atoms with E-state index in [0.717, 1.165) is 5.56 Å². The van der Waals surface area contributed by atoms with E-state index >= 15 is 0 Å². The molecule has 17 heavy (non-hydrogen) atoms. The molecule has 1 aromatic carbocycles. The van der Waals surface area contributed by atoms with Crippen LogP contribution in [0.1, 0.15) is 18.4 Å². The van der Waals surface area contributed by atoms with Crippen LogP contribution in [0, 0.1) is 0 Å². The monoisotopic (exact) mass is 238 g/mol. The molecule has 0 amide bonds. The lowest BCUT2D eigenvalue weighted by Gasteiger charge is -2.16. The van der Waals surface area contributed by atoms with E-state index in [9.17, 15) is 14.0 Å². The summed E-state index contributed by atoms with van der Waals surface area (Å²) in [5.41, 5.74) is 0.744. The summed E-state index contributed by atoms with van der Waals surface area (Å²) in [4.78, 5) is 22.2. The minimum absolute atomic E-state index is 0.0388. The first-order valence-corrected chi connectivity index (χ1v) is 5.22. The molecule has 1 heterocycles. The average molecular weight is 238 g/mol. The Labute approximate surface area is 97.3 Å². The number of hydrogen-bond acceptors (Lipinski definition) is 4. The minimum Gasteiger partial charge on any atom is -0.456 e. The third kappa shape index (κ3) is 2.61. The number of cyclic esters (lactones) is 1. The quantitative estimate of drug-likeness (QED) is 0.752. The van der Waals surface area contributed by atoms with Crippen molar-refractivity contribution in [3.05, 3.63) is 35.9 Å². The Balaban J connectivity index is 1.92. The van der Waals surface area contributed by atoms with Crippen LogP contribution in [-0.4, -0.2) is 17.8 Å². The van der Waals surface area contributed by atoms with Gasteiger partial charge in [-0.1, -0.05) is 30.3 Å². The fraction of sp³-hybridized carbons (Fsp3) is 0.333. The van der Waals surface area contributed by atoms with Gasteiger partial charge in [-0.15, -0.1) is 0 Å². The smallest absolute Gasteiger partial charge is 0.384 e. The van der Waals surface area contributed by atoms with E-state index in [2.05, 4.69) is 4.74 Å². The number of rotatable bonds is 3. The summed E-state index contributed by atoms with van der Waals surface area (Å²) in [6, 6.07) is 8.88. The van der Waals surface area contributed by atoms with Crippen LogP contribution >= 0.6 is 0 Å². The predicted molar refractivity (Wildman–Crippen MR) is 55.4 cm³/mol. The SMILES string of the molecule is O=C1CCC(F)(C(=O)OCc2ccccc2)O1. The van der Waals surface area contributed by atoms with Crippen molar-refractivity contribution in [3.8, 4) is 0 Å². The van der Waals surface area contributed by atoms with Crippen LogP contribution in [0.3, 0.4) is 0 Å². The number of ether oxygens (including phenoxy) is 2. The zero-order valence-electron chi connectivity index (χ0n) is 9.02. The second kappa shape index (κ2) is 4.53. The highest BCUT2D eigenvalue weighted by molar-refractivity contribution is 5.85. The Morgan fingerprint density at radius 1 is 1.41 bits per heavy atom.